The van der Waals surface area contributed by atoms with Crippen LogP contribution in [-0.2, 0) is 13.0 Å². The first kappa shape index (κ1) is 17.5. The molecule has 2 aromatic carbocycles. The van der Waals surface area contributed by atoms with Crippen LogP contribution >= 0.6 is 0 Å². The average Bonchev–Trinajstić information content (AvgIpc) is 2.55. The molecular formula is C19H20O5. The third kappa shape index (κ3) is 3.93. The molecule has 24 heavy (non-hydrogen) atoms. The lowest BCUT2D eigenvalue weighted by molar-refractivity contribution is 0.0696. The number of rotatable bonds is 7. The molecule has 0 aliphatic heterocycles. The van der Waals surface area contributed by atoms with E-state index in [1.54, 1.807) is 24.3 Å². The molecule has 2 rings (SSSR count). The zero-order valence-electron chi connectivity index (χ0n) is 13.7. The molecule has 0 fully saturated rings. The van der Waals surface area contributed by atoms with Gasteiger partial charge in [-0.05, 0) is 43.2 Å². The lowest BCUT2D eigenvalue weighted by atomic mass is 10.0. The SMILES string of the molecule is CCCc1c(OCc2ccc(C(=O)O)cc2)ccc(C(C)=O)c1O. The number of benzene rings is 2. The van der Waals surface area contributed by atoms with Gasteiger partial charge in [0.1, 0.15) is 18.1 Å². The van der Waals surface area contributed by atoms with E-state index in [9.17, 15) is 14.7 Å². The van der Waals surface area contributed by atoms with E-state index in [0.29, 0.717) is 17.7 Å². The van der Waals surface area contributed by atoms with Gasteiger partial charge in [-0.25, -0.2) is 4.79 Å². The summed E-state index contributed by atoms with van der Waals surface area (Å²) < 4.78 is 5.77. The van der Waals surface area contributed by atoms with Crippen molar-refractivity contribution >= 4 is 11.8 Å². The normalized spacial score (nSPS) is 10.4. The Hall–Kier alpha value is -2.82. The quantitative estimate of drug-likeness (QED) is 0.755. The first-order valence-electron chi connectivity index (χ1n) is 7.74. The second-order valence-electron chi connectivity index (χ2n) is 5.54. The molecule has 0 saturated heterocycles. The summed E-state index contributed by atoms with van der Waals surface area (Å²) >= 11 is 0. The Morgan fingerprint density at radius 3 is 2.29 bits per heavy atom. The summed E-state index contributed by atoms with van der Waals surface area (Å²) in [6.45, 7) is 3.64. The molecule has 0 radical (unpaired) electrons. The van der Waals surface area contributed by atoms with E-state index in [-0.39, 0.29) is 29.3 Å². The van der Waals surface area contributed by atoms with Gasteiger partial charge in [-0.3, -0.25) is 4.79 Å². The van der Waals surface area contributed by atoms with Crippen LogP contribution in [0.5, 0.6) is 11.5 Å². The molecule has 2 aromatic rings. The van der Waals surface area contributed by atoms with E-state index in [0.717, 1.165) is 12.0 Å². The van der Waals surface area contributed by atoms with Crippen molar-refractivity contribution in [2.75, 3.05) is 0 Å². The first-order valence-corrected chi connectivity index (χ1v) is 7.74. The zero-order chi connectivity index (χ0) is 17.7. The van der Waals surface area contributed by atoms with Crippen molar-refractivity contribution in [1.29, 1.82) is 0 Å². The Balaban J connectivity index is 2.21. The van der Waals surface area contributed by atoms with Crippen molar-refractivity contribution in [1.82, 2.24) is 0 Å². The van der Waals surface area contributed by atoms with Crippen LogP contribution in [0, 0.1) is 0 Å². The van der Waals surface area contributed by atoms with Gasteiger partial charge < -0.3 is 14.9 Å². The van der Waals surface area contributed by atoms with Gasteiger partial charge in [0.05, 0.1) is 11.1 Å². The van der Waals surface area contributed by atoms with Crippen LogP contribution in [-0.4, -0.2) is 22.0 Å². The van der Waals surface area contributed by atoms with Gasteiger partial charge in [0, 0.05) is 5.56 Å². The van der Waals surface area contributed by atoms with Crippen molar-refractivity contribution in [2.45, 2.75) is 33.3 Å². The molecular weight excluding hydrogens is 308 g/mol. The number of ether oxygens (including phenoxy) is 1. The summed E-state index contributed by atoms with van der Waals surface area (Å²) in [4.78, 5) is 22.4. The minimum atomic E-state index is -0.975. The van der Waals surface area contributed by atoms with Crippen molar-refractivity contribution in [3.63, 3.8) is 0 Å². The lowest BCUT2D eigenvalue weighted by Crippen LogP contribution is -2.03. The fourth-order valence-electron chi connectivity index (χ4n) is 2.43. The Morgan fingerprint density at radius 1 is 1.08 bits per heavy atom. The smallest absolute Gasteiger partial charge is 0.335 e. The first-order chi connectivity index (χ1) is 11.4. The number of hydrogen-bond acceptors (Lipinski definition) is 4. The number of carboxylic acid groups (broad SMARTS) is 1. The lowest BCUT2D eigenvalue weighted by Gasteiger charge is -2.14. The maximum atomic E-state index is 11.6. The van der Waals surface area contributed by atoms with E-state index in [1.807, 2.05) is 6.92 Å². The number of carbonyl (C=O) groups excluding carboxylic acids is 1. The molecule has 0 aliphatic rings. The van der Waals surface area contributed by atoms with Gasteiger partial charge in [0.15, 0.2) is 5.78 Å². The minimum Gasteiger partial charge on any atom is -0.507 e. The Bertz CT molecular complexity index is 747. The van der Waals surface area contributed by atoms with E-state index in [2.05, 4.69) is 0 Å². The van der Waals surface area contributed by atoms with Gasteiger partial charge in [0.2, 0.25) is 0 Å². The summed E-state index contributed by atoms with van der Waals surface area (Å²) in [7, 11) is 0. The molecule has 2 N–H and O–H groups in total. The van der Waals surface area contributed by atoms with Crippen molar-refractivity contribution in [2.24, 2.45) is 0 Å². The van der Waals surface area contributed by atoms with Crippen molar-refractivity contribution in [3.8, 4) is 11.5 Å². The van der Waals surface area contributed by atoms with Crippen LogP contribution in [0.2, 0.25) is 0 Å². The Morgan fingerprint density at radius 2 is 1.75 bits per heavy atom. The summed E-state index contributed by atoms with van der Waals surface area (Å²) in [5, 5.41) is 19.2. The summed E-state index contributed by atoms with van der Waals surface area (Å²) in [6, 6.07) is 9.65. The summed E-state index contributed by atoms with van der Waals surface area (Å²) in [5.74, 6) is -0.664. The maximum Gasteiger partial charge on any atom is 0.335 e. The number of Topliss-reactive ketones (excluding diaryl/α,β-unsaturated/α-hetero) is 1. The molecule has 0 atom stereocenters. The molecule has 5 nitrogen and oxygen atoms in total. The third-order valence-electron chi connectivity index (χ3n) is 3.71. The van der Waals surface area contributed by atoms with E-state index in [1.165, 1.54) is 19.1 Å². The molecule has 0 saturated carbocycles. The zero-order valence-corrected chi connectivity index (χ0v) is 13.7. The molecule has 0 bridgehead atoms. The van der Waals surface area contributed by atoms with Crippen LogP contribution in [0.4, 0.5) is 0 Å². The van der Waals surface area contributed by atoms with Crippen molar-refractivity contribution < 1.29 is 24.5 Å². The number of carboxylic acids is 1. The number of aromatic hydroxyl groups is 1. The highest BCUT2D eigenvalue weighted by atomic mass is 16.5. The molecule has 5 heteroatoms. The second-order valence-corrected chi connectivity index (χ2v) is 5.54. The fourth-order valence-corrected chi connectivity index (χ4v) is 2.43. The van der Waals surface area contributed by atoms with Gasteiger partial charge in [-0.15, -0.1) is 0 Å². The molecule has 0 aliphatic carbocycles. The minimum absolute atomic E-state index is 0.0249. The summed E-state index contributed by atoms with van der Waals surface area (Å²) in [5.41, 5.74) is 1.94. The Labute approximate surface area is 140 Å². The van der Waals surface area contributed by atoms with Crippen LogP contribution in [0.15, 0.2) is 36.4 Å². The van der Waals surface area contributed by atoms with Gasteiger partial charge in [-0.2, -0.15) is 0 Å². The number of hydrogen-bond donors (Lipinski definition) is 2. The monoisotopic (exact) mass is 328 g/mol. The van der Waals surface area contributed by atoms with Crippen molar-refractivity contribution in [3.05, 3.63) is 58.7 Å². The second kappa shape index (κ2) is 7.64. The number of phenolic OH excluding ortho intramolecular Hbond substituents is 1. The van der Waals surface area contributed by atoms with E-state index in [4.69, 9.17) is 9.84 Å². The number of carbonyl (C=O) groups is 2. The number of phenols is 1. The number of aromatic carboxylic acids is 1. The molecule has 0 amide bonds. The number of ketones is 1. The topological polar surface area (TPSA) is 83.8 Å². The molecule has 0 heterocycles. The largest absolute Gasteiger partial charge is 0.507 e. The standard InChI is InChI=1S/C19H20O5/c1-3-4-16-17(10-9-15(12(2)20)18(16)21)24-11-13-5-7-14(8-6-13)19(22)23/h5-10,21H,3-4,11H2,1-2H3,(H,22,23). The molecule has 126 valence electrons. The summed E-state index contributed by atoms with van der Waals surface area (Å²) in [6.07, 6.45) is 1.40. The van der Waals surface area contributed by atoms with Crippen LogP contribution < -0.4 is 4.74 Å². The third-order valence-corrected chi connectivity index (χ3v) is 3.71. The van der Waals surface area contributed by atoms with Gasteiger partial charge in [0.25, 0.3) is 0 Å². The van der Waals surface area contributed by atoms with Gasteiger partial charge >= 0.3 is 5.97 Å². The Kier molecular flexibility index (Phi) is 5.58. The molecule has 0 aromatic heterocycles. The maximum absolute atomic E-state index is 11.6. The fraction of sp³-hybridized carbons (Fsp3) is 0.263. The van der Waals surface area contributed by atoms with E-state index < -0.39 is 5.97 Å². The highest BCUT2D eigenvalue weighted by molar-refractivity contribution is 5.97. The van der Waals surface area contributed by atoms with Gasteiger partial charge in [-0.1, -0.05) is 25.5 Å². The van der Waals surface area contributed by atoms with E-state index >= 15 is 0 Å². The van der Waals surface area contributed by atoms with Crippen LogP contribution in [0.1, 0.15) is 52.1 Å². The predicted octanol–water partition coefficient (Wildman–Crippen LogP) is 3.82. The highest BCUT2D eigenvalue weighted by Gasteiger charge is 2.16. The average molecular weight is 328 g/mol. The molecule has 0 spiro atoms. The highest BCUT2D eigenvalue weighted by Crippen LogP contribution is 2.33. The van der Waals surface area contributed by atoms with Crippen LogP contribution in [0.3, 0.4) is 0 Å². The predicted molar refractivity (Wildman–Crippen MR) is 89.8 cm³/mol. The molecule has 0 unspecified atom stereocenters. The van der Waals surface area contributed by atoms with Crippen LogP contribution in [0.25, 0.3) is 0 Å².